The number of aromatic nitrogens is 1. The number of carboxylic acids is 1. The molecule has 1 aromatic heterocycles. The van der Waals surface area contributed by atoms with Crippen molar-refractivity contribution in [2.75, 3.05) is 6.54 Å². The van der Waals surface area contributed by atoms with Gasteiger partial charge in [0, 0.05) is 29.2 Å². The molecule has 0 radical (unpaired) electrons. The van der Waals surface area contributed by atoms with Crippen LogP contribution in [0.5, 0.6) is 0 Å². The number of fused-ring (bicyclic) bond motifs is 1. The molecule has 1 heterocycles. The Morgan fingerprint density at radius 2 is 1.92 bits per heavy atom. The van der Waals surface area contributed by atoms with Gasteiger partial charge in [0.05, 0.1) is 0 Å². The summed E-state index contributed by atoms with van der Waals surface area (Å²) in [5, 5.41) is 13.7. The van der Waals surface area contributed by atoms with Crippen molar-refractivity contribution in [3.8, 4) is 0 Å². The minimum atomic E-state index is -0.886. The van der Waals surface area contributed by atoms with Gasteiger partial charge in [-0.2, -0.15) is 0 Å². The summed E-state index contributed by atoms with van der Waals surface area (Å²) in [6.45, 7) is 3.30. The van der Waals surface area contributed by atoms with Crippen molar-refractivity contribution >= 4 is 22.9 Å². The minimum Gasteiger partial charge on any atom is -0.478 e. The Morgan fingerprint density at radius 1 is 1.16 bits per heavy atom. The van der Waals surface area contributed by atoms with Gasteiger partial charge in [-0.1, -0.05) is 42.5 Å². The fraction of sp³-hybridized carbons (Fsp3) is 0.190. The number of carboxylic acid groups (broad SMARTS) is 1. The molecule has 128 valence electrons. The molecular weight excluding hydrogens is 312 g/mol. The average molecular weight is 334 g/mol. The van der Waals surface area contributed by atoms with Crippen molar-refractivity contribution in [3.63, 3.8) is 0 Å². The smallest absolute Gasteiger partial charge is 0.331 e. The fourth-order valence-electron chi connectivity index (χ4n) is 2.84. The van der Waals surface area contributed by atoms with Crippen LogP contribution in [-0.2, 0) is 17.8 Å². The predicted molar refractivity (Wildman–Crippen MR) is 101 cm³/mol. The van der Waals surface area contributed by atoms with Crippen molar-refractivity contribution < 1.29 is 9.90 Å². The Labute approximate surface area is 147 Å². The van der Waals surface area contributed by atoms with Crippen molar-refractivity contribution in [1.82, 2.24) is 10.3 Å². The molecule has 3 aromatic rings. The maximum Gasteiger partial charge on any atom is 0.331 e. The SMILES string of the molecule is C/C(=C\c1ccc(CNCCc2c[nH]c3ccccc23)cc1)C(=O)O. The maximum absolute atomic E-state index is 10.8. The highest BCUT2D eigenvalue weighted by Gasteiger charge is 2.03. The van der Waals surface area contributed by atoms with Crippen LogP contribution in [0.2, 0.25) is 0 Å². The number of hydrogen-bond acceptors (Lipinski definition) is 2. The highest BCUT2D eigenvalue weighted by atomic mass is 16.4. The lowest BCUT2D eigenvalue weighted by molar-refractivity contribution is -0.132. The third kappa shape index (κ3) is 4.37. The van der Waals surface area contributed by atoms with E-state index in [1.54, 1.807) is 13.0 Å². The number of aliphatic carboxylic acids is 1. The van der Waals surface area contributed by atoms with Crippen molar-refractivity contribution in [2.24, 2.45) is 0 Å². The molecule has 0 amide bonds. The second kappa shape index (κ2) is 7.81. The molecule has 4 nitrogen and oxygen atoms in total. The molecule has 0 aliphatic carbocycles. The molecule has 3 rings (SSSR count). The van der Waals surface area contributed by atoms with Gasteiger partial charge in [-0.05, 0) is 48.7 Å². The molecular formula is C21H22N2O2. The minimum absolute atomic E-state index is 0.338. The van der Waals surface area contributed by atoms with Crippen LogP contribution in [0.3, 0.4) is 0 Å². The van der Waals surface area contributed by atoms with Crippen LogP contribution < -0.4 is 5.32 Å². The maximum atomic E-state index is 10.8. The summed E-state index contributed by atoms with van der Waals surface area (Å²) in [5.74, 6) is -0.886. The molecule has 0 saturated heterocycles. The van der Waals surface area contributed by atoms with Gasteiger partial charge in [0.2, 0.25) is 0 Å². The molecule has 4 heteroatoms. The van der Waals surface area contributed by atoms with Gasteiger partial charge < -0.3 is 15.4 Å². The first kappa shape index (κ1) is 17.0. The third-order valence-corrected chi connectivity index (χ3v) is 4.28. The number of rotatable bonds is 7. The summed E-state index contributed by atoms with van der Waals surface area (Å²) >= 11 is 0. The monoisotopic (exact) mass is 334 g/mol. The fourth-order valence-corrected chi connectivity index (χ4v) is 2.84. The zero-order chi connectivity index (χ0) is 17.6. The molecule has 0 aliphatic heterocycles. The zero-order valence-corrected chi connectivity index (χ0v) is 14.3. The Morgan fingerprint density at radius 3 is 2.68 bits per heavy atom. The van der Waals surface area contributed by atoms with E-state index in [4.69, 9.17) is 5.11 Å². The van der Waals surface area contributed by atoms with E-state index in [-0.39, 0.29) is 0 Å². The van der Waals surface area contributed by atoms with E-state index in [2.05, 4.69) is 34.7 Å². The number of carbonyl (C=O) groups is 1. The van der Waals surface area contributed by atoms with E-state index in [0.29, 0.717) is 5.57 Å². The highest BCUT2D eigenvalue weighted by Crippen LogP contribution is 2.17. The molecule has 2 aromatic carbocycles. The van der Waals surface area contributed by atoms with Crippen LogP contribution in [0.4, 0.5) is 0 Å². The molecule has 3 N–H and O–H groups in total. The van der Waals surface area contributed by atoms with Gasteiger partial charge in [0.15, 0.2) is 0 Å². The zero-order valence-electron chi connectivity index (χ0n) is 14.3. The van der Waals surface area contributed by atoms with Gasteiger partial charge >= 0.3 is 5.97 Å². The summed E-state index contributed by atoms with van der Waals surface area (Å²) in [7, 11) is 0. The normalized spacial score (nSPS) is 11.8. The second-order valence-corrected chi connectivity index (χ2v) is 6.16. The molecule has 0 unspecified atom stereocenters. The number of aromatic amines is 1. The first-order chi connectivity index (χ1) is 12.1. The Hall–Kier alpha value is -2.85. The third-order valence-electron chi connectivity index (χ3n) is 4.28. The first-order valence-corrected chi connectivity index (χ1v) is 8.40. The number of nitrogens with one attached hydrogen (secondary N) is 2. The molecule has 25 heavy (non-hydrogen) atoms. The average Bonchev–Trinajstić information content (AvgIpc) is 3.03. The predicted octanol–water partition coefficient (Wildman–Crippen LogP) is 3.99. The lowest BCUT2D eigenvalue weighted by Gasteiger charge is -2.05. The molecule has 0 bridgehead atoms. The summed E-state index contributed by atoms with van der Waals surface area (Å²) < 4.78 is 0. The lowest BCUT2D eigenvalue weighted by atomic mass is 10.1. The van der Waals surface area contributed by atoms with E-state index in [9.17, 15) is 4.79 Å². The van der Waals surface area contributed by atoms with Crippen LogP contribution in [0, 0.1) is 0 Å². The first-order valence-electron chi connectivity index (χ1n) is 8.40. The summed E-state index contributed by atoms with van der Waals surface area (Å²) in [5.41, 5.74) is 4.93. The topological polar surface area (TPSA) is 65.1 Å². The van der Waals surface area contributed by atoms with Gasteiger partial charge in [-0.15, -0.1) is 0 Å². The van der Waals surface area contributed by atoms with E-state index in [0.717, 1.165) is 25.1 Å². The van der Waals surface area contributed by atoms with E-state index < -0.39 is 5.97 Å². The quantitative estimate of drug-likeness (QED) is 0.452. The number of hydrogen-bond donors (Lipinski definition) is 3. The van der Waals surface area contributed by atoms with Crippen molar-refractivity contribution in [2.45, 2.75) is 19.9 Å². The molecule has 0 spiro atoms. The van der Waals surface area contributed by atoms with Crippen LogP contribution >= 0.6 is 0 Å². The standard InChI is InChI=1S/C21H22N2O2/c1-15(21(24)25)12-16-6-8-17(9-7-16)13-22-11-10-18-14-23-20-5-3-2-4-19(18)20/h2-9,12,14,22-23H,10-11,13H2,1H3,(H,24,25)/b15-12+. The van der Waals surface area contributed by atoms with Crippen LogP contribution in [0.15, 0.2) is 60.3 Å². The Kier molecular flexibility index (Phi) is 5.31. The van der Waals surface area contributed by atoms with E-state index in [1.165, 1.54) is 22.0 Å². The summed E-state index contributed by atoms with van der Waals surface area (Å²) in [6, 6.07) is 16.3. The van der Waals surface area contributed by atoms with E-state index in [1.807, 2.05) is 30.3 Å². The molecule has 0 aliphatic rings. The highest BCUT2D eigenvalue weighted by molar-refractivity contribution is 5.91. The van der Waals surface area contributed by atoms with Crippen molar-refractivity contribution in [3.05, 3.63) is 77.0 Å². The summed E-state index contributed by atoms with van der Waals surface area (Å²) in [4.78, 5) is 14.1. The van der Waals surface area contributed by atoms with Crippen LogP contribution in [0.1, 0.15) is 23.6 Å². The van der Waals surface area contributed by atoms with E-state index >= 15 is 0 Å². The lowest BCUT2D eigenvalue weighted by Crippen LogP contribution is -2.16. The number of benzene rings is 2. The van der Waals surface area contributed by atoms with Gasteiger partial charge in [-0.3, -0.25) is 0 Å². The molecule has 0 saturated carbocycles. The van der Waals surface area contributed by atoms with Crippen LogP contribution in [0.25, 0.3) is 17.0 Å². The Balaban J connectivity index is 1.51. The number of H-pyrrole nitrogens is 1. The van der Waals surface area contributed by atoms with Gasteiger partial charge in [0.25, 0.3) is 0 Å². The second-order valence-electron chi connectivity index (χ2n) is 6.16. The summed E-state index contributed by atoms with van der Waals surface area (Å²) in [6.07, 6.45) is 4.73. The number of para-hydroxylation sites is 1. The van der Waals surface area contributed by atoms with Gasteiger partial charge in [-0.25, -0.2) is 4.79 Å². The van der Waals surface area contributed by atoms with Gasteiger partial charge in [0.1, 0.15) is 0 Å². The molecule has 0 atom stereocenters. The van der Waals surface area contributed by atoms with Crippen LogP contribution in [-0.4, -0.2) is 22.6 Å². The Bertz CT molecular complexity index is 892. The van der Waals surface area contributed by atoms with Crippen molar-refractivity contribution in [1.29, 1.82) is 0 Å². The molecule has 0 fully saturated rings. The largest absolute Gasteiger partial charge is 0.478 e.